The maximum atomic E-state index is 12.1. The van der Waals surface area contributed by atoms with Gasteiger partial charge in [0, 0.05) is 25.3 Å². The maximum absolute atomic E-state index is 12.1. The SMILES string of the molecule is Cc1ccccc1-c1noc(COC(=O)c2ccc(N(C)C)cc2)n1. The van der Waals surface area contributed by atoms with Crippen LogP contribution < -0.4 is 4.90 Å². The van der Waals surface area contributed by atoms with Crippen LogP contribution in [0, 0.1) is 6.92 Å². The number of aryl methyl sites for hydroxylation is 1. The zero-order valence-electron chi connectivity index (χ0n) is 14.4. The highest BCUT2D eigenvalue weighted by Gasteiger charge is 2.13. The summed E-state index contributed by atoms with van der Waals surface area (Å²) in [6.07, 6.45) is 0. The third-order valence-electron chi connectivity index (χ3n) is 3.80. The Balaban J connectivity index is 1.64. The number of hydrogen-bond donors (Lipinski definition) is 0. The van der Waals surface area contributed by atoms with Crippen molar-refractivity contribution in [3.63, 3.8) is 0 Å². The first kappa shape index (κ1) is 16.7. The highest BCUT2D eigenvalue weighted by Crippen LogP contribution is 2.20. The number of carbonyl (C=O) groups is 1. The average Bonchev–Trinajstić information content (AvgIpc) is 3.09. The van der Waals surface area contributed by atoms with E-state index in [9.17, 15) is 4.79 Å². The summed E-state index contributed by atoms with van der Waals surface area (Å²) >= 11 is 0. The van der Waals surface area contributed by atoms with Crippen molar-refractivity contribution in [2.45, 2.75) is 13.5 Å². The van der Waals surface area contributed by atoms with E-state index in [2.05, 4.69) is 10.1 Å². The van der Waals surface area contributed by atoms with E-state index >= 15 is 0 Å². The molecular formula is C19H19N3O3. The Labute approximate surface area is 146 Å². The fraction of sp³-hybridized carbons (Fsp3) is 0.211. The number of hydrogen-bond acceptors (Lipinski definition) is 6. The second kappa shape index (κ2) is 7.17. The molecule has 0 N–H and O–H groups in total. The van der Waals surface area contributed by atoms with E-state index in [0.29, 0.717) is 11.4 Å². The largest absolute Gasteiger partial charge is 0.452 e. The zero-order chi connectivity index (χ0) is 17.8. The van der Waals surface area contributed by atoms with E-state index < -0.39 is 5.97 Å². The van der Waals surface area contributed by atoms with Crippen LogP contribution in [-0.2, 0) is 11.3 Å². The van der Waals surface area contributed by atoms with Crippen LogP contribution in [-0.4, -0.2) is 30.2 Å². The van der Waals surface area contributed by atoms with Crippen LogP contribution in [0.3, 0.4) is 0 Å². The molecule has 0 aliphatic carbocycles. The molecule has 0 aliphatic rings. The standard InChI is InChI=1S/C19H19N3O3/c1-13-6-4-5-7-16(13)18-20-17(25-21-18)12-24-19(23)14-8-10-15(11-9-14)22(2)3/h4-11H,12H2,1-3H3. The van der Waals surface area contributed by atoms with Crippen molar-refractivity contribution in [1.82, 2.24) is 10.1 Å². The van der Waals surface area contributed by atoms with E-state index in [0.717, 1.165) is 16.8 Å². The molecule has 0 spiro atoms. The Morgan fingerprint density at radius 1 is 1.12 bits per heavy atom. The van der Waals surface area contributed by atoms with Crippen molar-refractivity contribution < 1.29 is 14.1 Å². The Morgan fingerprint density at radius 3 is 2.52 bits per heavy atom. The summed E-state index contributed by atoms with van der Waals surface area (Å²) in [6.45, 7) is 1.91. The number of benzene rings is 2. The lowest BCUT2D eigenvalue weighted by Crippen LogP contribution is -2.09. The molecule has 128 valence electrons. The number of carbonyl (C=O) groups excluding carboxylic acids is 1. The lowest BCUT2D eigenvalue weighted by atomic mass is 10.1. The van der Waals surface area contributed by atoms with Crippen molar-refractivity contribution in [3.8, 4) is 11.4 Å². The minimum Gasteiger partial charge on any atom is -0.452 e. The Bertz CT molecular complexity index is 870. The van der Waals surface area contributed by atoms with Gasteiger partial charge in [0.2, 0.25) is 5.82 Å². The molecule has 2 aromatic carbocycles. The maximum Gasteiger partial charge on any atom is 0.338 e. The molecule has 0 unspecified atom stereocenters. The Morgan fingerprint density at radius 2 is 1.84 bits per heavy atom. The van der Waals surface area contributed by atoms with Gasteiger partial charge in [0.05, 0.1) is 5.56 Å². The summed E-state index contributed by atoms with van der Waals surface area (Å²) in [4.78, 5) is 18.3. The summed E-state index contributed by atoms with van der Waals surface area (Å²) in [5.41, 5.74) is 3.43. The van der Waals surface area contributed by atoms with E-state index in [4.69, 9.17) is 9.26 Å². The van der Waals surface area contributed by atoms with Gasteiger partial charge in [-0.2, -0.15) is 4.98 Å². The van der Waals surface area contributed by atoms with Gasteiger partial charge in [-0.15, -0.1) is 0 Å². The molecule has 0 aliphatic heterocycles. The molecule has 6 nitrogen and oxygen atoms in total. The number of rotatable bonds is 5. The first-order chi connectivity index (χ1) is 12.0. The molecule has 0 fully saturated rings. The van der Waals surface area contributed by atoms with Gasteiger partial charge < -0.3 is 14.2 Å². The number of anilines is 1. The Hall–Kier alpha value is -3.15. The van der Waals surface area contributed by atoms with Gasteiger partial charge in [-0.1, -0.05) is 29.4 Å². The minimum absolute atomic E-state index is 0.0624. The molecule has 0 radical (unpaired) electrons. The van der Waals surface area contributed by atoms with E-state index in [-0.39, 0.29) is 12.5 Å². The van der Waals surface area contributed by atoms with Crippen molar-refractivity contribution in [3.05, 3.63) is 65.5 Å². The first-order valence-corrected chi connectivity index (χ1v) is 7.87. The molecule has 25 heavy (non-hydrogen) atoms. The number of aromatic nitrogens is 2. The molecular weight excluding hydrogens is 318 g/mol. The highest BCUT2D eigenvalue weighted by molar-refractivity contribution is 5.89. The number of ether oxygens (including phenoxy) is 1. The molecule has 0 amide bonds. The van der Waals surface area contributed by atoms with Gasteiger partial charge in [0.1, 0.15) is 0 Å². The molecule has 0 saturated carbocycles. The fourth-order valence-corrected chi connectivity index (χ4v) is 2.35. The summed E-state index contributed by atoms with van der Waals surface area (Å²) in [7, 11) is 3.88. The van der Waals surface area contributed by atoms with Gasteiger partial charge in [-0.3, -0.25) is 0 Å². The van der Waals surface area contributed by atoms with Crippen molar-refractivity contribution in [2.24, 2.45) is 0 Å². The minimum atomic E-state index is -0.430. The highest BCUT2D eigenvalue weighted by atomic mass is 16.6. The summed E-state index contributed by atoms with van der Waals surface area (Å²) in [6, 6.07) is 14.9. The quantitative estimate of drug-likeness (QED) is 0.664. The predicted molar refractivity (Wildman–Crippen MR) is 94.4 cm³/mol. The topological polar surface area (TPSA) is 68.5 Å². The molecule has 1 aromatic heterocycles. The number of esters is 1. The van der Waals surface area contributed by atoms with Gasteiger partial charge in [-0.25, -0.2) is 4.79 Å². The monoisotopic (exact) mass is 337 g/mol. The van der Waals surface area contributed by atoms with Crippen LogP contribution in [0.15, 0.2) is 53.1 Å². The summed E-state index contributed by atoms with van der Waals surface area (Å²) in [5, 5.41) is 3.95. The number of nitrogens with zero attached hydrogens (tertiary/aromatic N) is 3. The van der Waals surface area contributed by atoms with Crippen LogP contribution in [0.1, 0.15) is 21.8 Å². The van der Waals surface area contributed by atoms with E-state index in [1.54, 1.807) is 12.1 Å². The molecule has 0 saturated heterocycles. The van der Waals surface area contributed by atoms with Crippen LogP contribution in [0.2, 0.25) is 0 Å². The molecule has 1 heterocycles. The normalized spacial score (nSPS) is 10.5. The van der Waals surface area contributed by atoms with Crippen LogP contribution in [0.5, 0.6) is 0 Å². The third kappa shape index (κ3) is 3.85. The van der Waals surface area contributed by atoms with Crippen molar-refractivity contribution in [2.75, 3.05) is 19.0 Å². The molecule has 3 aromatic rings. The Kier molecular flexibility index (Phi) is 4.79. The second-order valence-corrected chi connectivity index (χ2v) is 5.84. The van der Waals surface area contributed by atoms with E-state index in [1.165, 1.54) is 0 Å². The van der Waals surface area contributed by atoms with Crippen molar-refractivity contribution in [1.29, 1.82) is 0 Å². The first-order valence-electron chi connectivity index (χ1n) is 7.87. The summed E-state index contributed by atoms with van der Waals surface area (Å²) in [5.74, 6) is 0.317. The average molecular weight is 337 g/mol. The van der Waals surface area contributed by atoms with Crippen molar-refractivity contribution >= 4 is 11.7 Å². The fourth-order valence-electron chi connectivity index (χ4n) is 2.35. The molecule has 6 heteroatoms. The summed E-state index contributed by atoms with van der Waals surface area (Å²) < 4.78 is 10.4. The molecule has 3 rings (SSSR count). The predicted octanol–water partition coefficient (Wildman–Crippen LogP) is 3.47. The zero-order valence-corrected chi connectivity index (χ0v) is 14.4. The van der Waals surface area contributed by atoms with Crippen LogP contribution in [0.25, 0.3) is 11.4 Å². The van der Waals surface area contributed by atoms with Gasteiger partial charge in [0.25, 0.3) is 5.89 Å². The lowest BCUT2D eigenvalue weighted by Gasteiger charge is -2.12. The van der Waals surface area contributed by atoms with Gasteiger partial charge >= 0.3 is 5.97 Å². The second-order valence-electron chi connectivity index (χ2n) is 5.84. The van der Waals surface area contributed by atoms with E-state index in [1.807, 2.05) is 62.3 Å². The molecule has 0 bridgehead atoms. The van der Waals surface area contributed by atoms with Crippen LogP contribution >= 0.6 is 0 Å². The third-order valence-corrected chi connectivity index (χ3v) is 3.80. The molecule has 0 atom stereocenters. The van der Waals surface area contributed by atoms with Gasteiger partial charge in [0.15, 0.2) is 6.61 Å². The van der Waals surface area contributed by atoms with Gasteiger partial charge in [-0.05, 0) is 36.8 Å². The van der Waals surface area contributed by atoms with Crippen LogP contribution in [0.4, 0.5) is 5.69 Å². The smallest absolute Gasteiger partial charge is 0.338 e. The lowest BCUT2D eigenvalue weighted by molar-refractivity contribution is 0.0430.